The summed E-state index contributed by atoms with van der Waals surface area (Å²) in [6, 6.07) is 5.47. The number of aliphatic hydroxyl groups excluding tert-OH is 1. The van der Waals surface area contributed by atoms with Crippen LogP contribution in [-0.2, 0) is 6.61 Å². The molecule has 1 N–H and O–H groups in total. The van der Waals surface area contributed by atoms with E-state index in [-0.39, 0.29) is 6.61 Å². The third-order valence-corrected chi connectivity index (χ3v) is 3.76. The minimum atomic E-state index is -0.0405. The number of thiophene rings is 1. The number of thiol groups is 1. The molecule has 0 unspecified atom stereocenters. The van der Waals surface area contributed by atoms with E-state index in [9.17, 15) is 4.79 Å². The Bertz CT molecular complexity index is 488. The van der Waals surface area contributed by atoms with Gasteiger partial charge in [0, 0.05) is 15.8 Å². The maximum absolute atomic E-state index is 10.7. The first kappa shape index (κ1) is 9.71. The lowest BCUT2D eigenvalue weighted by molar-refractivity contribution is 0.112. The molecule has 0 aliphatic carbocycles. The second-order valence-electron chi connectivity index (χ2n) is 2.89. The predicted molar refractivity (Wildman–Crippen MR) is 60.4 cm³/mol. The molecule has 1 aromatic carbocycles. The summed E-state index contributed by atoms with van der Waals surface area (Å²) >= 11 is 5.69. The summed E-state index contributed by atoms with van der Waals surface area (Å²) in [5, 5.41) is 10.1. The summed E-state index contributed by atoms with van der Waals surface area (Å²) in [5.41, 5.74) is 1.46. The number of aliphatic hydroxyl groups is 1. The van der Waals surface area contributed by atoms with E-state index < -0.39 is 0 Å². The summed E-state index contributed by atoms with van der Waals surface area (Å²) in [4.78, 5) is 10.7. The predicted octanol–water partition coefficient (Wildman–Crippen LogP) is 2.49. The molecule has 0 fully saturated rings. The van der Waals surface area contributed by atoms with Gasteiger partial charge in [-0.05, 0) is 5.39 Å². The van der Waals surface area contributed by atoms with Crippen LogP contribution in [0.1, 0.15) is 15.9 Å². The quantitative estimate of drug-likeness (QED) is 0.607. The van der Waals surface area contributed by atoms with Crippen molar-refractivity contribution in [2.45, 2.75) is 10.8 Å². The van der Waals surface area contributed by atoms with Gasteiger partial charge in [0.05, 0.1) is 10.8 Å². The van der Waals surface area contributed by atoms with Crippen molar-refractivity contribution in [3.05, 3.63) is 29.3 Å². The first-order valence-corrected chi connectivity index (χ1v) is 5.33. The molecule has 0 radical (unpaired) electrons. The van der Waals surface area contributed by atoms with Crippen LogP contribution in [0.4, 0.5) is 0 Å². The molecule has 0 bridgehead atoms. The highest BCUT2D eigenvalue weighted by Gasteiger charge is 2.10. The molecule has 0 aliphatic heterocycles. The van der Waals surface area contributed by atoms with E-state index >= 15 is 0 Å². The number of fused-ring (bicyclic) bond motifs is 1. The van der Waals surface area contributed by atoms with Crippen LogP contribution in [-0.4, -0.2) is 11.4 Å². The molecule has 0 amide bonds. The second-order valence-corrected chi connectivity index (χ2v) is 4.66. The Morgan fingerprint density at radius 2 is 2.29 bits per heavy atom. The van der Waals surface area contributed by atoms with Crippen molar-refractivity contribution in [2.75, 3.05) is 0 Å². The maximum atomic E-state index is 10.7. The second kappa shape index (κ2) is 3.73. The Kier molecular flexibility index (Phi) is 2.58. The number of carbonyl (C=O) groups excluding carboxylic acids is 1. The number of aldehydes is 1. The monoisotopic (exact) mass is 224 g/mol. The van der Waals surface area contributed by atoms with Crippen LogP contribution in [0, 0.1) is 0 Å². The standard InChI is InChI=1S/C10H8O2S2/c11-4-6-2-1-3-7-8(5-12)10(13)14-9(6)7/h1-4,12-13H,5H2. The van der Waals surface area contributed by atoms with Crippen molar-refractivity contribution in [3.63, 3.8) is 0 Å². The van der Waals surface area contributed by atoms with Crippen LogP contribution in [0.2, 0.25) is 0 Å². The zero-order valence-corrected chi connectivity index (χ0v) is 8.94. The number of carbonyl (C=O) groups is 1. The molecule has 4 heteroatoms. The maximum Gasteiger partial charge on any atom is 0.151 e. The zero-order valence-electron chi connectivity index (χ0n) is 7.23. The molecule has 1 heterocycles. The molecular weight excluding hydrogens is 216 g/mol. The summed E-state index contributed by atoms with van der Waals surface area (Å²) in [5.74, 6) is 0. The van der Waals surface area contributed by atoms with Gasteiger partial charge in [0.25, 0.3) is 0 Å². The molecule has 1 aromatic heterocycles. The number of hydrogen-bond donors (Lipinski definition) is 2. The third kappa shape index (κ3) is 1.35. The van der Waals surface area contributed by atoms with Crippen molar-refractivity contribution in [1.82, 2.24) is 0 Å². The van der Waals surface area contributed by atoms with Gasteiger partial charge in [-0.3, -0.25) is 4.79 Å². The SMILES string of the molecule is O=Cc1cccc2c(CO)c(S)sc12. The van der Waals surface area contributed by atoms with E-state index in [0.29, 0.717) is 5.56 Å². The van der Waals surface area contributed by atoms with Crippen molar-refractivity contribution < 1.29 is 9.90 Å². The first-order valence-electron chi connectivity index (χ1n) is 4.07. The molecule has 72 valence electrons. The third-order valence-electron chi connectivity index (χ3n) is 2.11. The fraction of sp³-hybridized carbons (Fsp3) is 0.100. The van der Waals surface area contributed by atoms with Crippen LogP contribution in [0.25, 0.3) is 10.1 Å². The molecule has 0 atom stereocenters. The van der Waals surface area contributed by atoms with Gasteiger partial charge in [0.15, 0.2) is 6.29 Å². The van der Waals surface area contributed by atoms with Crippen molar-refractivity contribution in [2.24, 2.45) is 0 Å². The highest BCUT2D eigenvalue weighted by Crippen LogP contribution is 2.35. The van der Waals surface area contributed by atoms with Gasteiger partial charge in [-0.2, -0.15) is 0 Å². The molecule has 2 rings (SSSR count). The topological polar surface area (TPSA) is 37.3 Å². The molecule has 0 spiro atoms. The number of hydrogen-bond acceptors (Lipinski definition) is 4. The van der Waals surface area contributed by atoms with Crippen molar-refractivity contribution in [3.8, 4) is 0 Å². The van der Waals surface area contributed by atoms with Gasteiger partial charge in [-0.15, -0.1) is 24.0 Å². The zero-order chi connectivity index (χ0) is 10.1. The smallest absolute Gasteiger partial charge is 0.151 e. The van der Waals surface area contributed by atoms with E-state index in [1.165, 1.54) is 11.3 Å². The van der Waals surface area contributed by atoms with E-state index in [1.807, 2.05) is 12.1 Å². The van der Waals surface area contributed by atoms with Gasteiger partial charge >= 0.3 is 0 Å². The van der Waals surface area contributed by atoms with E-state index in [4.69, 9.17) is 5.11 Å². The highest BCUT2D eigenvalue weighted by atomic mass is 32.2. The van der Waals surface area contributed by atoms with Gasteiger partial charge in [0.2, 0.25) is 0 Å². The average Bonchev–Trinajstić information content (AvgIpc) is 2.52. The van der Waals surface area contributed by atoms with Crippen LogP contribution in [0.3, 0.4) is 0 Å². The Hall–Kier alpha value is -0.840. The van der Waals surface area contributed by atoms with Crippen LogP contribution in [0.15, 0.2) is 22.4 Å². The summed E-state index contributed by atoms with van der Waals surface area (Å²) in [7, 11) is 0. The highest BCUT2D eigenvalue weighted by molar-refractivity contribution is 7.83. The lowest BCUT2D eigenvalue weighted by Crippen LogP contribution is -1.82. The van der Waals surface area contributed by atoms with E-state index in [0.717, 1.165) is 26.1 Å². The van der Waals surface area contributed by atoms with Crippen LogP contribution >= 0.6 is 24.0 Å². The van der Waals surface area contributed by atoms with Gasteiger partial charge in [-0.1, -0.05) is 18.2 Å². The van der Waals surface area contributed by atoms with Crippen LogP contribution in [0.5, 0.6) is 0 Å². The summed E-state index contributed by atoms with van der Waals surface area (Å²) < 4.78 is 1.67. The molecule has 0 aliphatic rings. The lowest BCUT2D eigenvalue weighted by atomic mass is 10.1. The molecular formula is C10H8O2S2. The minimum absolute atomic E-state index is 0.0405. The normalized spacial score (nSPS) is 10.7. The Labute approximate surface area is 90.6 Å². The minimum Gasteiger partial charge on any atom is -0.392 e. The lowest BCUT2D eigenvalue weighted by Gasteiger charge is -1.95. The van der Waals surface area contributed by atoms with Gasteiger partial charge in [0.1, 0.15) is 0 Å². The average molecular weight is 224 g/mol. The Balaban J connectivity index is 2.85. The molecule has 0 saturated carbocycles. The molecule has 14 heavy (non-hydrogen) atoms. The summed E-state index contributed by atoms with van der Waals surface area (Å²) in [6.07, 6.45) is 0.827. The van der Waals surface area contributed by atoms with E-state index in [1.54, 1.807) is 6.07 Å². The molecule has 2 nitrogen and oxygen atoms in total. The fourth-order valence-electron chi connectivity index (χ4n) is 1.43. The Morgan fingerprint density at radius 3 is 2.93 bits per heavy atom. The van der Waals surface area contributed by atoms with Gasteiger partial charge < -0.3 is 5.11 Å². The Morgan fingerprint density at radius 1 is 1.50 bits per heavy atom. The number of benzene rings is 1. The first-order chi connectivity index (χ1) is 6.77. The molecule has 2 aromatic rings. The van der Waals surface area contributed by atoms with Gasteiger partial charge in [-0.25, -0.2) is 0 Å². The fourth-order valence-corrected chi connectivity index (χ4v) is 2.92. The van der Waals surface area contributed by atoms with Crippen LogP contribution < -0.4 is 0 Å². The summed E-state index contributed by atoms with van der Waals surface area (Å²) in [6.45, 7) is -0.0405. The largest absolute Gasteiger partial charge is 0.392 e. The van der Waals surface area contributed by atoms with Crippen molar-refractivity contribution in [1.29, 1.82) is 0 Å². The number of rotatable bonds is 2. The van der Waals surface area contributed by atoms with E-state index in [2.05, 4.69) is 12.6 Å². The molecule has 0 saturated heterocycles. The van der Waals surface area contributed by atoms with Crippen molar-refractivity contribution >= 4 is 40.3 Å².